The second-order valence-electron chi connectivity index (χ2n) is 5.81. The number of aromatic nitrogens is 2. The van der Waals surface area contributed by atoms with Crippen LogP contribution in [0.1, 0.15) is 17.8 Å². The third kappa shape index (κ3) is 3.79. The van der Waals surface area contributed by atoms with E-state index in [9.17, 15) is 9.18 Å². The minimum atomic E-state index is -0.272. The summed E-state index contributed by atoms with van der Waals surface area (Å²) in [5.74, 6) is 0.592. The number of carbonyl (C=O) groups excluding carboxylic acids is 1. The molecule has 0 aliphatic heterocycles. The lowest BCUT2D eigenvalue weighted by atomic mass is 10.1. The molecule has 124 valence electrons. The lowest BCUT2D eigenvalue weighted by Gasteiger charge is -2.06. The Bertz CT molecular complexity index is 842. The molecular formula is C19H20FN3O. The maximum absolute atomic E-state index is 13.3. The first-order valence-corrected chi connectivity index (χ1v) is 8.05. The van der Waals surface area contributed by atoms with Crippen LogP contribution in [0, 0.1) is 5.82 Å². The van der Waals surface area contributed by atoms with Crippen molar-refractivity contribution in [3.8, 4) is 0 Å². The standard InChI is InChI=1S/C19H20FN3O/c1-23-17-13-15(20)8-9-16(17)22-18(23)11-12-21-19(24)10-7-14-5-3-2-4-6-14/h2-6,8-9,13H,7,10-12H2,1H3,(H,21,24). The first-order valence-electron chi connectivity index (χ1n) is 8.05. The Hall–Kier alpha value is -2.69. The Morgan fingerprint density at radius 2 is 1.96 bits per heavy atom. The highest BCUT2D eigenvalue weighted by Crippen LogP contribution is 2.16. The summed E-state index contributed by atoms with van der Waals surface area (Å²) in [4.78, 5) is 16.4. The number of nitrogens with one attached hydrogen (secondary N) is 1. The molecule has 0 spiro atoms. The molecule has 0 fully saturated rings. The summed E-state index contributed by atoms with van der Waals surface area (Å²) in [6.45, 7) is 0.521. The van der Waals surface area contributed by atoms with E-state index >= 15 is 0 Å². The molecule has 2 aromatic carbocycles. The fraction of sp³-hybridized carbons (Fsp3) is 0.263. The van der Waals surface area contributed by atoms with E-state index in [2.05, 4.69) is 10.3 Å². The summed E-state index contributed by atoms with van der Waals surface area (Å²) in [7, 11) is 1.86. The predicted octanol–water partition coefficient (Wildman–Crippen LogP) is 3.00. The van der Waals surface area contributed by atoms with Gasteiger partial charge in [0.05, 0.1) is 11.0 Å². The van der Waals surface area contributed by atoms with Gasteiger partial charge in [-0.05, 0) is 30.2 Å². The van der Waals surface area contributed by atoms with Crippen LogP contribution in [-0.2, 0) is 24.7 Å². The van der Waals surface area contributed by atoms with Gasteiger partial charge < -0.3 is 9.88 Å². The third-order valence-corrected chi connectivity index (χ3v) is 4.09. The average Bonchev–Trinajstić information content (AvgIpc) is 2.90. The molecule has 0 saturated heterocycles. The number of hydrogen-bond donors (Lipinski definition) is 1. The smallest absolute Gasteiger partial charge is 0.220 e. The van der Waals surface area contributed by atoms with Crippen LogP contribution in [0.5, 0.6) is 0 Å². The Labute approximate surface area is 140 Å². The molecule has 3 rings (SSSR count). The van der Waals surface area contributed by atoms with Gasteiger partial charge in [0.2, 0.25) is 5.91 Å². The molecule has 0 bridgehead atoms. The van der Waals surface area contributed by atoms with Gasteiger partial charge in [-0.1, -0.05) is 30.3 Å². The van der Waals surface area contributed by atoms with Gasteiger partial charge in [0, 0.05) is 26.4 Å². The van der Waals surface area contributed by atoms with E-state index in [1.807, 2.05) is 41.9 Å². The summed E-state index contributed by atoms with van der Waals surface area (Å²) in [5, 5.41) is 2.92. The zero-order valence-corrected chi connectivity index (χ0v) is 13.6. The number of imidazole rings is 1. The minimum absolute atomic E-state index is 0.0312. The molecule has 3 aromatic rings. The number of nitrogens with zero attached hydrogens (tertiary/aromatic N) is 2. The van der Waals surface area contributed by atoms with Crippen LogP contribution in [0.25, 0.3) is 11.0 Å². The van der Waals surface area contributed by atoms with Crippen molar-refractivity contribution in [2.45, 2.75) is 19.3 Å². The first-order chi connectivity index (χ1) is 11.6. The van der Waals surface area contributed by atoms with Crippen LogP contribution in [0.15, 0.2) is 48.5 Å². The lowest BCUT2D eigenvalue weighted by molar-refractivity contribution is -0.121. The molecule has 1 amide bonds. The molecule has 0 unspecified atom stereocenters. The number of aryl methyl sites for hydroxylation is 2. The SMILES string of the molecule is Cn1c(CCNC(=O)CCc2ccccc2)nc2ccc(F)cc21. The molecule has 0 aliphatic rings. The van der Waals surface area contributed by atoms with Crippen molar-refractivity contribution in [2.75, 3.05) is 6.54 Å². The number of hydrogen-bond acceptors (Lipinski definition) is 2. The molecule has 0 saturated carbocycles. The average molecular weight is 325 g/mol. The maximum Gasteiger partial charge on any atom is 0.220 e. The van der Waals surface area contributed by atoms with E-state index in [1.54, 1.807) is 6.07 Å². The summed E-state index contributed by atoms with van der Waals surface area (Å²) in [5.41, 5.74) is 2.69. The van der Waals surface area contributed by atoms with Crippen molar-refractivity contribution in [1.29, 1.82) is 0 Å². The minimum Gasteiger partial charge on any atom is -0.356 e. The second-order valence-corrected chi connectivity index (χ2v) is 5.81. The summed E-state index contributed by atoms with van der Waals surface area (Å²) in [6.07, 6.45) is 1.82. The van der Waals surface area contributed by atoms with Gasteiger partial charge in [-0.2, -0.15) is 0 Å². The highest BCUT2D eigenvalue weighted by atomic mass is 19.1. The first kappa shape index (κ1) is 16.2. The number of rotatable bonds is 6. The molecule has 1 aromatic heterocycles. The largest absolute Gasteiger partial charge is 0.356 e. The molecule has 1 heterocycles. The summed E-state index contributed by atoms with van der Waals surface area (Å²) in [6, 6.07) is 14.5. The topological polar surface area (TPSA) is 46.9 Å². The van der Waals surface area contributed by atoms with E-state index in [4.69, 9.17) is 0 Å². The van der Waals surface area contributed by atoms with Crippen LogP contribution in [0.4, 0.5) is 4.39 Å². The molecule has 4 nitrogen and oxygen atoms in total. The van der Waals surface area contributed by atoms with Crippen LogP contribution >= 0.6 is 0 Å². The Balaban J connectivity index is 1.51. The quantitative estimate of drug-likeness (QED) is 0.757. The van der Waals surface area contributed by atoms with Crippen molar-refractivity contribution in [3.63, 3.8) is 0 Å². The molecular weight excluding hydrogens is 305 g/mol. The molecule has 1 N–H and O–H groups in total. The van der Waals surface area contributed by atoms with Crippen molar-refractivity contribution in [1.82, 2.24) is 14.9 Å². The number of fused-ring (bicyclic) bond motifs is 1. The molecule has 24 heavy (non-hydrogen) atoms. The normalized spacial score (nSPS) is 10.9. The molecule has 0 aliphatic carbocycles. The van der Waals surface area contributed by atoms with Gasteiger partial charge in [0.25, 0.3) is 0 Å². The fourth-order valence-electron chi connectivity index (χ4n) is 2.74. The Morgan fingerprint density at radius 1 is 1.17 bits per heavy atom. The molecule has 0 radical (unpaired) electrons. The maximum atomic E-state index is 13.3. The van der Waals surface area contributed by atoms with Gasteiger partial charge in [0.1, 0.15) is 11.6 Å². The van der Waals surface area contributed by atoms with Crippen molar-refractivity contribution >= 4 is 16.9 Å². The number of carbonyl (C=O) groups is 1. The molecule has 5 heteroatoms. The van der Waals surface area contributed by atoms with Crippen LogP contribution in [-0.4, -0.2) is 22.0 Å². The van der Waals surface area contributed by atoms with Gasteiger partial charge in [-0.25, -0.2) is 9.37 Å². The number of benzene rings is 2. The molecule has 0 atom stereocenters. The number of amides is 1. The van der Waals surface area contributed by atoms with Gasteiger partial charge in [-0.3, -0.25) is 4.79 Å². The van der Waals surface area contributed by atoms with E-state index in [-0.39, 0.29) is 11.7 Å². The summed E-state index contributed by atoms with van der Waals surface area (Å²) < 4.78 is 15.2. The fourth-order valence-corrected chi connectivity index (χ4v) is 2.74. The van der Waals surface area contributed by atoms with E-state index in [0.29, 0.717) is 19.4 Å². The van der Waals surface area contributed by atoms with Crippen LogP contribution < -0.4 is 5.32 Å². The predicted molar refractivity (Wildman–Crippen MR) is 92.1 cm³/mol. The van der Waals surface area contributed by atoms with Gasteiger partial charge in [-0.15, -0.1) is 0 Å². The lowest BCUT2D eigenvalue weighted by Crippen LogP contribution is -2.26. The zero-order valence-electron chi connectivity index (χ0n) is 13.6. The van der Waals surface area contributed by atoms with Crippen molar-refractivity contribution in [2.24, 2.45) is 7.05 Å². The Kier molecular flexibility index (Phi) is 4.89. The summed E-state index contributed by atoms with van der Waals surface area (Å²) >= 11 is 0. The van der Waals surface area contributed by atoms with E-state index in [0.717, 1.165) is 28.8 Å². The van der Waals surface area contributed by atoms with Gasteiger partial charge >= 0.3 is 0 Å². The van der Waals surface area contributed by atoms with Crippen LogP contribution in [0.3, 0.4) is 0 Å². The monoisotopic (exact) mass is 325 g/mol. The van der Waals surface area contributed by atoms with Gasteiger partial charge in [0.15, 0.2) is 0 Å². The zero-order chi connectivity index (χ0) is 16.9. The third-order valence-electron chi connectivity index (χ3n) is 4.09. The van der Waals surface area contributed by atoms with E-state index in [1.165, 1.54) is 12.1 Å². The van der Waals surface area contributed by atoms with Crippen molar-refractivity contribution in [3.05, 3.63) is 65.7 Å². The van der Waals surface area contributed by atoms with Crippen molar-refractivity contribution < 1.29 is 9.18 Å². The second kappa shape index (κ2) is 7.25. The number of halogens is 1. The highest BCUT2D eigenvalue weighted by Gasteiger charge is 2.09. The Morgan fingerprint density at radius 3 is 2.75 bits per heavy atom. The van der Waals surface area contributed by atoms with E-state index < -0.39 is 0 Å². The highest BCUT2D eigenvalue weighted by molar-refractivity contribution is 5.77. The van der Waals surface area contributed by atoms with Crippen LogP contribution in [0.2, 0.25) is 0 Å².